The molecule has 1 aromatic rings. The maximum Gasteiger partial charge on any atom is 0.260 e. The number of alkyl halides is 2. The van der Waals surface area contributed by atoms with Gasteiger partial charge in [-0.15, -0.1) is 0 Å². The summed E-state index contributed by atoms with van der Waals surface area (Å²) in [5, 5.41) is 2.78. The molecule has 18 heavy (non-hydrogen) atoms. The predicted molar refractivity (Wildman–Crippen MR) is 64.5 cm³/mol. The number of halogens is 2. The van der Waals surface area contributed by atoms with Crippen LogP contribution in [-0.4, -0.2) is 27.1 Å². The van der Waals surface area contributed by atoms with Crippen LogP contribution in [0.2, 0.25) is 0 Å². The summed E-state index contributed by atoms with van der Waals surface area (Å²) < 4.78 is 50.7. The van der Waals surface area contributed by atoms with E-state index in [2.05, 4.69) is 5.32 Å². The van der Waals surface area contributed by atoms with E-state index in [1.54, 1.807) is 19.1 Å². The number of hydrogen-bond donors (Lipinski definition) is 1. The fourth-order valence-corrected chi connectivity index (χ4v) is 4.13. The lowest BCUT2D eigenvalue weighted by atomic mass is 9.87. The van der Waals surface area contributed by atoms with Crippen LogP contribution in [0.15, 0.2) is 29.2 Å². The van der Waals surface area contributed by atoms with Gasteiger partial charge in [-0.2, -0.15) is 0 Å². The van der Waals surface area contributed by atoms with Gasteiger partial charge in [0.15, 0.2) is 9.84 Å². The number of hydrogen-bond acceptors (Lipinski definition) is 3. The summed E-state index contributed by atoms with van der Waals surface area (Å²) in [6.07, 6.45) is -2.74. The van der Waals surface area contributed by atoms with Crippen LogP contribution >= 0.6 is 0 Å². The summed E-state index contributed by atoms with van der Waals surface area (Å²) in [4.78, 5) is 0.0255. The van der Waals surface area contributed by atoms with Gasteiger partial charge < -0.3 is 5.32 Å². The van der Waals surface area contributed by atoms with E-state index in [4.69, 9.17) is 0 Å². The van der Waals surface area contributed by atoms with Crippen LogP contribution in [0.5, 0.6) is 0 Å². The first-order valence-electron chi connectivity index (χ1n) is 5.79. The Morgan fingerprint density at radius 1 is 1.39 bits per heavy atom. The van der Waals surface area contributed by atoms with Crippen LogP contribution in [0.1, 0.15) is 18.9 Å². The number of benzene rings is 1. The van der Waals surface area contributed by atoms with Gasteiger partial charge >= 0.3 is 0 Å². The molecule has 0 saturated heterocycles. The van der Waals surface area contributed by atoms with Crippen molar-refractivity contribution in [1.82, 2.24) is 5.32 Å². The zero-order chi connectivity index (χ0) is 13.4. The summed E-state index contributed by atoms with van der Waals surface area (Å²) in [5.74, 6) is -0.249. The Balaban J connectivity index is 2.66. The van der Waals surface area contributed by atoms with Gasteiger partial charge in [-0.1, -0.05) is 25.1 Å². The molecule has 1 aliphatic heterocycles. The summed E-state index contributed by atoms with van der Waals surface area (Å²) in [6, 6.07) is 6.02. The lowest BCUT2D eigenvalue weighted by Crippen LogP contribution is -2.52. The van der Waals surface area contributed by atoms with Crippen molar-refractivity contribution in [3.05, 3.63) is 29.8 Å². The van der Waals surface area contributed by atoms with Gasteiger partial charge in [0.2, 0.25) is 0 Å². The van der Waals surface area contributed by atoms with E-state index in [1.807, 2.05) is 0 Å². The molecule has 0 bridgehead atoms. The third kappa shape index (κ3) is 1.93. The highest BCUT2D eigenvalue weighted by molar-refractivity contribution is 7.91. The van der Waals surface area contributed by atoms with Crippen molar-refractivity contribution in [3.63, 3.8) is 0 Å². The van der Waals surface area contributed by atoms with Crippen LogP contribution in [0.4, 0.5) is 8.78 Å². The molecule has 100 valence electrons. The minimum atomic E-state index is -3.44. The third-order valence-electron chi connectivity index (χ3n) is 3.33. The van der Waals surface area contributed by atoms with E-state index in [9.17, 15) is 17.2 Å². The molecule has 0 aliphatic carbocycles. The molecule has 1 N–H and O–H groups in total. The molecular weight excluding hydrogens is 260 g/mol. The largest absolute Gasteiger partial charge is 0.303 e. The van der Waals surface area contributed by atoms with Crippen molar-refractivity contribution >= 4 is 9.84 Å². The van der Waals surface area contributed by atoms with Gasteiger partial charge in [0.05, 0.1) is 10.6 Å². The summed E-state index contributed by atoms with van der Waals surface area (Å²) in [7, 11) is -3.44. The van der Waals surface area contributed by atoms with Crippen LogP contribution in [0.3, 0.4) is 0 Å². The predicted octanol–water partition coefficient (Wildman–Crippen LogP) is 1.93. The number of sulfone groups is 1. The maximum atomic E-state index is 13.4. The Hall–Kier alpha value is -1.01. The average Bonchev–Trinajstić information content (AvgIpc) is 2.33. The van der Waals surface area contributed by atoms with E-state index in [1.165, 1.54) is 12.1 Å². The third-order valence-corrected chi connectivity index (χ3v) is 5.10. The second kappa shape index (κ2) is 4.59. The first-order chi connectivity index (χ1) is 8.44. The second-order valence-corrected chi connectivity index (χ2v) is 6.44. The lowest BCUT2D eigenvalue weighted by Gasteiger charge is -2.38. The zero-order valence-corrected chi connectivity index (χ0v) is 10.8. The highest BCUT2D eigenvalue weighted by atomic mass is 32.2. The topological polar surface area (TPSA) is 46.2 Å². The molecule has 1 unspecified atom stereocenters. The molecule has 1 atom stereocenters. The normalized spacial score (nSPS) is 26.0. The van der Waals surface area contributed by atoms with Crippen LogP contribution in [0.25, 0.3) is 0 Å². The van der Waals surface area contributed by atoms with Gasteiger partial charge in [0, 0.05) is 0 Å². The van der Waals surface area contributed by atoms with E-state index < -0.39 is 21.8 Å². The van der Waals surface area contributed by atoms with E-state index in [-0.39, 0.29) is 22.6 Å². The van der Waals surface area contributed by atoms with Gasteiger partial charge in [-0.05, 0) is 24.6 Å². The molecule has 0 amide bonds. The van der Waals surface area contributed by atoms with Crippen LogP contribution < -0.4 is 5.32 Å². The van der Waals surface area contributed by atoms with E-state index in [0.29, 0.717) is 6.54 Å². The highest BCUT2D eigenvalue weighted by Gasteiger charge is 2.47. The van der Waals surface area contributed by atoms with Gasteiger partial charge in [0.1, 0.15) is 5.54 Å². The summed E-state index contributed by atoms with van der Waals surface area (Å²) >= 11 is 0. The molecule has 3 nitrogen and oxygen atoms in total. The molecule has 0 spiro atoms. The number of fused-ring (bicyclic) bond motifs is 1. The molecular formula is C12H15F2NO2S. The second-order valence-electron chi connectivity index (χ2n) is 4.37. The summed E-state index contributed by atoms with van der Waals surface area (Å²) in [5.41, 5.74) is -1.36. The molecule has 1 aromatic carbocycles. The van der Waals surface area contributed by atoms with Gasteiger partial charge in [-0.25, -0.2) is 17.2 Å². The maximum absolute atomic E-state index is 13.4. The molecule has 6 heteroatoms. The van der Waals surface area contributed by atoms with Crippen molar-refractivity contribution in [2.75, 3.05) is 12.3 Å². The van der Waals surface area contributed by atoms with Crippen molar-refractivity contribution in [1.29, 1.82) is 0 Å². The fraction of sp³-hybridized carbons (Fsp3) is 0.500. The van der Waals surface area contributed by atoms with E-state index >= 15 is 0 Å². The molecule has 1 heterocycles. The van der Waals surface area contributed by atoms with Gasteiger partial charge in [-0.3, -0.25) is 0 Å². The molecule has 0 saturated carbocycles. The lowest BCUT2D eigenvalue weighted by molar-refractivity contribution is 0.0228. The van der Waals surface area contributed by atoms with Crippen molar-refractivity contribution < 1.29 is 17.2 Å². The Labute approximate surface area is 105 Å². The average molecular weight is 275 g/mol. The minimum absolute atomic E-state index is 0.0255. The Morgan fingerprint density at radius 2 is 2.06 bits per heavy atom. The minimum Gasteiger partial charge on any atom is -0.303 e. The van der Waals surface area contributed by atoms with Crippen LogP contribution in [-0.2, 0) is 15.4 Å². The van der Waals surface area contributed by atoms with Crippen molar-refractivity contribution in [2.45, 2.75) is 30.2 Å². The Bertz CT molecular complexity index is 545. The standard InChI is InChI=1S/C12H15F2NO2S/c1-2-15-12(11(13)14)7-8-18(16,17)10-6-4-3-5-9(10)12/h3-6,11,15H,2,7-8H2,1H3. The first kappa shape index (κ1) is 13.4. The fourth-order valence-electron chi connectivity index (χ4n) is 2.45. The Morgan fingerprint density at radius 3 is 2.67 bits per heavy atom. The Kier molecular flexibility index (Phi) is 3.42. The zero-order valence-electron chi connectivity index (χ0n) is 9.99. The highest BCUT2D eigenvalue weighted by Crippen LogP contribution is 2.40. The monoisotopic (exact) mass is 275 g/mol. The molecule has 0 aromatic heterocycles. The van der Waals surface area contributed by atoms with Crippen LogP contribution in [0, 0.1) is 0 Å². The first-order valence-corrected chi connectivity index (χ1v) is 7.45. The van der Waals surface area contributed by atoms with Crippen molar-refractivity contribution in [2.24, 2.45) is 0 Å². The smallest absolute Gasteiger partial charge is 0.260 e. The van der Waals surface area contributed by atoms with E-state index in [0.717, 1.165) is 0 Å². The van der Waals surface area contributed by atoms with Gasteiger partial charge in [0.25, 0.3) is 6.43 Å². The molecule has 0 radical (unpaired) electrons. The SMILES string of the molecule is CCNC1(C(F)F)CCS(=O)(=O)c2ccccc21. The number of rotatable bonds is 3. The summed E-state index contributed by atoms with van der Waals surface area (Å²) in [6.45, 7) is 2.09. The quantitative estimate of drug-likeness (QED) is 0.917. The molecule has 2 rings (SSSR count). The van der Waals surface area contributed by atoms with Crippen molar-refractivity contribution in [3.8, 4) is 0 Å². The molecule has 1 aliphatic rings. The number of nitrogens with one attached hydrogen (secondary N) is 1. The molecule has 0 fully saturated rings.